The molecular formula is C13H15BrN2O4. The molecule has 0 spiro atoms. The first-order chi connectivity index (χ1) is 9.58. The highest BCUT2D eigenvalue weighted by Crippen LogP contribution is 2.21. The highest BCUT2D eigenvalue weighted by atomic mass is 79.9. The fourth-order valence-corrected chi connectivity index (χ4v) is 2.38. The van der Waals surface area contributed by atoms with E-state index in [0.717, 1.165) is 4.47 Å². The van der Waals surface area contributed by atoms with Crippen molar-refractivity contribution in [2.45, 2.75) is 6.04 Å². The van der Waals surface area contributed by atoms with Gasteiger partial charge in [0.1, 0.15) is 6.04 Å². The van der Waals surface area contributed by atoms with Gasteiger partial charge in [0.2, 0.25) is 5.91 Å². The maximum Gasteiger partial charge on any atom is 0.323 e. The Balaban J connectivity index is 1.96. The van der Waals surface area contributed by atoms with Crippen molar-refractivity contribution in [2.75, 3.05) is 31.6 Å². The van der Waals surface area contributed by atoms with Gasteiger partial charge >= 0.3 is 5.97 Å². The van der Waals surface area contributed by atoms with E-state index in [4.69, 9.17) is 9.84 Å². The number of carboxylic acid groups (broad SMARTS) is 1. The zero-order valence-corrected chi connectivity index (χ0v) is 12.3. The number of ether oxygens (including phenoxy) is 1. The van der Waals surface area contributed by atoms with Gasteiger partial charge in [-0.2, -0.15) is 0 Å². The van der Waals surface area contributed by atoms with Crippen LogP contribution in [0, 0.1) is 0 Å². The number of hydrogen-bond acceptors (Lipinski definition) is 4. The number of nitrogens with one attached hydrogen (secondary N) is 1. The summed E-state index contributed by atoms with van der Waals surface area (Å²) in [5, 5.41) is 11.9. The van der Waals surface area contributed by atoms with Gasteiger partial charge in [0.15, 0.2) is 0 Å². The van der Waals surface area contributed by atoms with E-state index in [1.54, 1.807) is 11.0 Å². The van der Waals surface area contributed by atoms with E-state index >= 15 is 0 Å². The molecule has 2 rings (SSSR count). The van der Waals surface area contributed by atoms with Gasteiger partial charge in [-0.05, 0) is 28.1 Å². The fourth-order valence-electron chi connectivity index (χ4n) is 1.99. The van der Waals surface area contributed by atoms with Crippen LogP contribution in [0.5, 0.6) is 0 Å². The first-order valence-corrected chi connectivity index (χ1v) is 6.96. The Morgan fingerprint density at radius 2 is 2.20 bits per heavy atom. The number of carboxylic acids is 1. The van der Waals surface area contributed by atoms with Crippen molar-refractivity contribution in [3.63, 3.8) is 0 Å². The molecule has 1 aromatic rings. The number of nitrogens with zero attached hydrogens (tertiary/aromatic N) is 1. The molecule has 2 N–H and O–H groups in total. The molecule has 0 aromatic heterocycles. The lowest BCUT2D eigenvalue weighted by molar-refractivity contribution is -0.150. The Hall–Kier alpha value is -1.44. The minimum Gasteiger partial charge on any atom is -0.480 e. The van der Waals surface area contributed by atoms with E-state index in [9.17, 15) is 9.59 Å². The van der Waals surface area contributed by atoms with Crippen LogP contribution < -0.4 is 5.32 Å². The topological polar surface area (TPSA) is 78.9 Å². The van der Waals surface area contributed by atoms with Crippen LogP contribution in [0.4, 0.5) is 5.69 Å². The SMILES string of the molecule is O=C(CN1CCOCC1C(=O)O)Nc1ccccc1Br. The molecule has 7 heteroatoms. The Kier molecular flexibility index (Phi) is 5.11. The van der Waals surface area contributed by atoms with E-state index in [1.807, 2.05) is 18.2 Å². The van der Waals surface area contributed by atoms with Gasteiger partial charge in [-0.1, -0.05) is 12.1 Å². The van der Waals surface area contributed by atoms with E-state index < -0.39 is 12.0 Å². The van der Waals surface area contributed by atoms with E-state index in [2.05, 4.69) is 21.2 Å². The quantitative estimate of drug-likeness (QED) is 0.858. The third-order valence-corrected chi connectivity index (χ3v) is 3.71. The summed E-state index contributed by atoms with van der Waals surface area (Å²) in [4.78, 5) is 24.7. The van der Waals surface area contributed by atoms with Gasteiger partial charge in [0, 0.05) is 11.0 Å². The molecule has 0 bridgehead atoms. The van der Waals surface area contributed by atoms with Crippen LogP contribution in [0.15, 0.2) is 28.7 Å². The fraction of sp³-hybridized carbons (Fsp3) is 0.385. The summed E-state index contributed by atoms with van der Waals surface area (Å²) in [6.45, 7) is 1.01. The molecule has 0 aliphatic carbocycles. The van der Waals surface area contributed by atoms with E-state index in [1.165, 1.54) is 0 Å². The van der Waals surface area contributed by atoms with Crippen molar-refractivity contribution < 1.29 is 19.4 Å². The number of halogens is 1. The first kappa shape index (κ1) is 15.0. The molecular weight excluding hydrogens is 328 g/mol. The zero-order valence-electron chi connectivity index (χ0n) is 10.7. The molecule has 20 heavy (non-hydrogen) atoms. The Labute approximate surface area is 124 Å². The average Bonchev–Trinajstić information content (AvgIpc) is 2.41. The predicted octanol–water partition coefficient (Wildman–Crippen LogP) is 1.17. The monoisotopic (exact) mass is 342 g/mol. The summed E-state index contributed by atoms with van der Waals surface area (Å²) in [6, 6.07) is 6.49. The second kappa shape index (κ2) is 6.83. The molecule has 0 radical (unpaired) electrons. The summed E-state index contributed by atoms with van der Waals surface area (Å²) in [5.74, 6) is -1.22. The smallest absolute Gasteiger partial charge is 0.323 e. The zero-order chi connectivity index (χ0) is 14.5. The molecule has 1 amide bonds. The molecule has 108 valence electrons. The molecule has 1 aromatic carbocycles. The Morgan fingerprint density at radius 3 is 2.90 bits per heavy atom. The van der Waals surface area contributed by atoms with Crippen LogP contribution in [0.25, 0.3) is 0 Å². The van der Waals surface area contributed by atoms with Gasteiger partial charge < -0.3 is 15.2 Å². The molecule has 1 aliphatic rings. The van der Waals surface area contributed by atoms with Crippen molar-refractivity contribution in [2.24, 2.45) is 0 Å². The van der Waals surface area contributed by atoms with E-state index in [0.29, 0.717) is 18.8 Å². The second-order valence-corrected chi connectivity index (χ2v) is 5.28. The summed E-state index contributed by atoms with van der Waals surface area (Å²) < 4.78 is 5.91. The normalized spacial score (nSPS) is 19.6. The summed E-state index contributed by atoms with van der Waals surface area (Å²) in [6.07, 6.45) is 0. The van der Waals surface area contributed by atoms with Crippen molar-refractivity contribution in [3.05, 3.63) is 28.7 Å². The number of hydrogen-bond donors (Lipinski definition) is 2. The van der Waals surface area contributed by atoms with Crippen LogP contribution in [-0.4, -0.2) is 54.2 Å². The van der Waals surface area contributed by atoms with Gasteiger partial charge in [-0.25, -0.2) is 0 Å². The second-order valence-electron chi connectivity index (χ2n) is 4.43. The first-order valence-electron chi connectivity index (χ1n) is 6.17. The lowest BCUT2D eigenvalue weighted by Gasteiger charge is -2.32. The highest BCUT2D eigenvalue weighted by molar-refractivity contribution is 9.10. The molecule has 0 saturated carbocycles. The van der Waals surface area contributed by atoms with Gasteiger partial charge in [-0.15, -0.1) is 0 Å². The van der Waals surface area contributed by atoms with Crippen LogP contribution in [-0.2, 0) is 14.3 Å². The maximum absolute atomic E-state index is 12.0. The lowest BCUT2D eigenvalue weighted by atomic mass is 10.2. The predicted molar refractivity (Wildman–Crippen MR) is 76.6 cm³/mol. The Morgan fingerprint density at radius 1 is 1.45 bits per heavy atom. The van der Waals surface area contributed by atoms with Crippen molar-refractivity contribution in [1.82, 2.24) is 4.90 Å². The van der Waals surface area contributed by atoms with Crippen LogP contribution in [0.2, 0.25) is 0 Å². The van der Waals surface area contributed by atoms with Crippen molar-refractivity contribution >= 4 is 33.5 Å². The molecule has 6 nitrogen and oxygen atoms in total. The molecule has 1 unspecified atom stereocenters. The molecule has 1 saturated heterocycles. The number of benzene rings is 1. The standard InChI is InChI=1S/C13H15BrN2O4/c14-9-3-1-2-4-10(9)15-12(17)7-16-5-6-20-8-11(16)13(18)19/h1-4,11H,5-8H2,(H,15,17)(H,18,19). The largest absolute Gasteiger partial charge is 0.480 e. The number of para-hydroxylation sites is 1. The number of amides is 1. The molecule has 1 atom stereocenters. The average molecular weight is 343 g/mol. The molecule has 1 heterocycles. The Bertz CT molecular complexity index is 509. The van der Waals surface area contributed by atoms with Crippen molar-refractivity contribution in [1.29, 1.82) is 0 Å². The summed E-state index contributed by atoms with van der Waals surface area (Å²) in [7, 11) is 0. The van der Waals surface area contributed by atoms with Crippen LogP contribution in [0.3, 0.4) is 0 Å². The third-order valence-electron chi connectivity index (χ3n) is 3.02. The number of carbonyl (C=O) groups excluding carboxylic acids is 1. The number of morpholine rings is 1. The van der Waals surface area contributed by atoms with Gasteiger partial charge in [0.05, 0.1) is 25.4 Å². The van der Waals surface area contributed by atoms with Crippen LogP contribution in [0.1, 0.15) is 0 Å². The minimum absolute atomic E-state index is 0.0294. The third kappa shape index (κ3) is 3.78. The molecule has 1 aliphatic heterocycles. The minimum atomic E-state index is -0.974. The molecule has 1 fully saturated rings. The maximum atomic E-state index is 12.0. The summed E-state index contributed by atoms with van der Waals surface area (Å²) in [5.41, 5.74) is 0.664. The van der Waals surface area contributed by atoms with Gasteiger partial charge in [0.25, 0.3) is 0 Å². The number of aliphatic carboxylic acids is 1. The lowest BCUT2D eigenvalue weighted by Crippen LogP contribution is -2.52. The van der Waals surface area contributed by atoms with E-state index in [-0.39, 0.29) is 19.1 Å². The van der Waals surface area contributed by atoms with Gasteiger partial charge in [-0.3, -0.25) is 14.5 Å². The highest BCUT2D eigenvalue weighted by Gasteiger charge is 2.30. The van der Waals surface area contributed by atoms with Crippen LogP contribution >= 0.6 is 15.9 Å². The van der Waals surface area contributed by atoms with Crippen molar-refractivity contribution in [3.8, 4) is 0 Å². The summed E-state index contributed by atoms with van der Waals surface area (Å²) >= 11 is 3.34. The number of carbonyl (C=O) groups is 2. The number of rotatable bonds is 4. The number of anilines is 1.